The number of nitrogens with zero attached hydrogens (tertiary/aromatic N) is 1. The smallest absolute Gasteiger partial charge is 0.336 e. The van der Waals surface area contributed by atoms with E-state index in [4.69, 9.17) is 5.11 Å². The highest BCUT2D eigenvalue weighted by Crippen LogP contribution is 2.19. The molecule has 0 aliphatic heterocycles. The number of nitrogens with one attached hydrogen (secondary N) is 1. The lowest BCUT2D eigenvalue weighted by Crippen LogP contribution is -2.06. The number of pyridine rings is 1. The number of rotatable bonds is 4. The van der Waals surface area contributed by atoms with E-state index in [1.54, 1.807) is 19.1 Å². The Kier molecular flexibility index (Phi) is 3.80. The van der Waals surface area contributed by atoms with Crippen LogP contribution in [0.3, 0.4) is 0 Å². The van der Waals surface area contributed by atoms with Crippen LogP contribution in [0, 0.1) is 13.8 Å². The van der Waals surface area contributed by atoms with Gasteiger partial charge < -0.3 is 10.4 Å². The summed E-state index contributed by atoms with van der Waals surface area (Å²) in [5.74, 6) is -0.904. The summed E-state index contributed by atoms with van der Waals surface area (Å²) in [6.45, 7) is 4.37. The molecule has 1 heterocycles. The van der Waals surface area contributed by atoms with Gasteiger partial charge in [0.2, 0.25) is 0 Å². The third-order valence-corrected chi connectivity index (χ3v) is 3.02. The molecule has 0 bridgehead atoms. The molecule has 2 N–H and O–H groups in total. The zero-order valence-corrected chi connectivity index (χ0v) is 11.0. The summed E-state index contributed by atoms with van der Waals surface area (Å²) in [6.07, 6.45) is 1.82. The van der Waals surface area contributed by atoms with Crippen molar-refractivity contribution in [3.05, 3.63) is 58.9 Å². The van der Waals surface area contributed by atoms with Crippen LogP contribution in [0.2, 0.25) is 0 Å². The molecule has 0 unspecified atom stereocenters. The molecule has 0 amide bonds. The molecule has 0 aliphatic carbocycles. The average Bonchev–Trinajstić information content (AvgIpc) is 2.39. The van der Waals surface area contributed by atoms with Crippen LogP contribution in [-0.2, 0) is 6.54 Å². The predicted octanol–water partition coefficient (Wildman–Crippen LogP) is 3.01. The standard InChI is InChI=1S/C15H16N2O2/c1-10-6-7-12(8-16-10)9-17-14-5-3-4-13(11(14)2)15(18)19/h3-8,17H,9H2,1-2H3,(H,18,19). The number of anilines is 1. The van der Waals surface area contributed by atoms with Crippen LogP contribution in [0.15, 0.2) is 36.5 Å². The Morgan fingerprint density at radius 1 is 1.26 bits per heavy atom. The van der Waals surface area contributed by atoms with E-state index in [2.05, 4.69) is 10.3 Å². The van der Waals surface area contributed by atoms with E-state index in [-0.39, 0.29) is 0 Å². The Bertz CT molecular complexity index is 592. The van der Waals surface area contributed by atoms with Gasteiger partial charge in [-0.05, 0) is 43.2 Å². The Morgan fingerprint density at radius 3 is 2.68 bits per heavy atom. The zero-order valence-electron chi connectivity index (χ0n) is 11.0. The van der Waals surface area contributed by atoms with Crippen LogP contribution in [-0.4, -0.2) is 16.1 Å². The summed E-state index contributed by atoms with van der Waals surface area (Å²) in [6, 6.07) is 9.19. The van der Waals surface area contributed by atoms with E-state index in [1.807, 2.05) is 31.3 Å². The fraction of sp³-hybridized carbons (Fsp3) is 0.200. The van der Waals surface area contributed by atoms with Crippen LogP contribution in [0.25, 0.3) is 0 Å². The molecule has 0 saturated heterocycles. The first kappa shape index (κ1) is 13.1. The topological polar surface area (TPSA) is 62.2 Å². The predicted molar refractivity (Wildman–Crippen MR) is 74.4 cm³/mol. The van der Waals surface area contributed by atoms with Crippen molar-refractivity contribution >= 4 is 11.7 Å². The molecule has 0 radical (unpaired) electrons. The summed E-state index contributed by atoms with van der Waals surface area (Å²) in [5, 5.41) is 12.3. The zero-order chi connectivity index (χ0) is 13.8. The maximum atomic E-state index is 11.0. The lowest BCUT2D eigenvalue weighted by Gasteiger charge is -2.11. The summed E-state index contributed by atoms with van der Waals surface area (Å²) in [7, 11) is 0. The van der Waals surface area contributed by atoms with Gasteiger partial charge in [0.1, 0.15) is 0 Å². The fourth-order valence-electron chi connectivity index (χ4n) is 1.86. The van der Waals surface area contributed by atoms with Crippen LogP contribution >= 0.6 is 0 Å². The highest BCUT2D eigenvalue weighted by atomic mass is 16.4. The van der Waals surface area contributed by atoms with Crippen LogP contribution in [0.4, 0.5) is 5.69 Å². The Hall–Kier alpha value is -2.36. The molecule has 19 heavy (non-hydrogen) atoms. The SMILES string of the molecule is Cc1ccc(CNc2cccc(C(=O)O)c2C)cn1. The third kappa shape index (κ3) is 3.10. The Labute approximate surface area is 112 Å². The first-order chi connectivity index (χ1) is 9.08. The highest BCUT2D eigenvalue weighted by molar-refractivity contribution is 5.91. The first-order valence-electron chi connectivity index (χ1n) is 6.06. The summed E-state index contributed by atoms with van der Waals surface area (Å²) < 4.78 is 0. The van der Waals surface area contributed by atoms with Crippen molar-refractivity contribution in [1.82, 2.24) is 4.98 Å². The second-order valence-corrected chi connectivity index (χ2v) is 4.44. The molecule has 0 spiro atoms. The lowest BCUT2D eigenvalue weighted by atomic mass is 10.1. The average molecular weight is 256 g/mol. The van der Waals surface area contributed by atoms with Gasteiger partial charge >= 0.3 is 5.97 Å². The Balaban J connectivity index is 2.13. The second-order valence-electron chi connectivity index (χ2n) is 4.44. The molecule has 4 heteroatoms. The summed E-state index contributed by atoms with van der Waals surface area (Å²) >= 11 is 0. The monoisotopic (exact) mass is 256 g/mol. The normalized spacial score (nSPS) is 10.2. The van der Waals surface area contributed by atoms with E-state index in [1.165, 1.54) is 0 Å². The first-order valence-corrected chi connectivity index (χ1v) is 6.06. The van der Waals surface area contributed by atoms with Crippen molar-refractivity contribution in [2.24, 2.45) is 0 Å². The van der Waals surface area contributed by atoms with Crippen LogP contribution < -0.4 is 5.32 Å². The van der Waals surface area contributed by atoms with E-state index in [0.29, 0.717) is 12.1 Å². The van der Waals surface area contributed by atoms with Gasteiger partial charge in [-0.1, -0.05) is 12.1 Å². The highest BCUT2D eigenvalue weighted by Gasteiger charge is 2.09. The van der Waals surface area contributed by atoms with Gasteiger partial charge in [-0.15, -0.1) is 0 Å². The van der Waals surface area contributed by atoms with Crippen LogP contribution in [0.1, 0.15) is 27.2 Å². The number of benzene rings is 1. The molecular formula is C15H16N2O2. The van der Waals surface area contributed by atoms with Gasteiger partial charge in [0.25, 0.3) is 0 Å². The fourth-order valence-corrected chi connectivity index (χ4v) is 1.86. The van der Waals surface area contributed by atoms with Crippen LogP contribution in [0.5, 0.6) is 0 Å². The third-order valence-electron chi connectivity index (χ3n) is 3.02. The van der Waals surface area contributed by atoms with E-state index < -0.39 is 5.97 Å². The van der Waals surface area contributed by atoms with Crippen molar-refractivity contribution in [3.63, 3.8) is 0 Å². The number of carboxylic acid groups (broad SMARTS) is 1. The largest absolute Gasteiger partial charge is 0.478 e. The van der Waals surface area contributed by atoms with Crippen molar-refractivity contribution in [1.29, 1.82) is 0 Å². The number of hydrogen-bond donors (Lipinski definition) is 2. The molecule has 1 aromatic carbocycles. The van der Waals surface area contributed by atoms with Gasteiger partial charge in [0.05, 0.1) is 5.56 Å². The van der Waals surface area contributed by atoms with Crippen molar-refractivity contribution < 1.29 is 9.90 Å². The molecule has 0 aliphatic rings. The van der Waals surface area contributed by atoms with Gasteiger partial charge in [-0.3, -0.25) is 4.98 Å². The molecule has 4 nitrogen and oxygen atoms in total. The van der Waals surface area contributed by atoms with Gasteiger partial charge in [0, 0.05) is 24.1 Å². The van der Waals surface area contributed by atoms with Crippen molar-refractivity contribution in [2.75, 3.05) is 5.32 Å². The maximum Gasteiger partial charge on any atom is 0.336 e. The van der Waals surface area contributed by atoms with E-state index >= 15 is 0 Å². The molecule has 0 fully saturated rings. The second kappa shape index (κ2) is 5.52. The number of aromatic carboxylic acids is 1. The minimum absolute atomic E-state index is 0.326. The van der Waals surface area contributed by atoms with Gasteiger partial charge in [-0.25, -0.2) is 4.79 Å². The quantitative estimate of drug-likeness (QED) is 0.882. The molecule has 2 rings (SSSR count). The Morgan fingerprint density at radius 2 is 2.05 bits per heavy atom. The molecule has 2 aromatic rings. The number of aromatic nitrogens is 1. The number of carbonyl (C=O) groups is 1. The van der Waals surface area contributed by atoms with Crippen molar-refractivity contribution in [3.8, 4) is 0 Å². The van der Waals surface area contributed by atoms with Gasteiger partial charge in [0.15, 0.2) is 0 Å². The van der Waals surface area contributed by atoms with Crippen molar-refractivity contribution in [2.45, 2.75) is 20.4 Å². The number of hydrogen-bond acceptors (Lipinski definition) is 3. The van der Waals surface area contributed by atoms with Gasteiger partial charge in [-0.2, -0.15) is 0 Å². The van der Waals surface area contributed by atoms with E-state index in [0.717, 1.165) is 22.5 Å². The minimum Gasteiger partial charge on any atom is -0.478 e. The lowest BCUT2D eigenvalue weighted by molar-refractivity contribution is 0.0696. The summed E-state index contributed by atoms with van der Waals surface area (Å²) in [5.41, 5.74) is 3.95. The molecule has 0 saturated carbocycles. The molecule has 98 valence electrons. The number of aryl methyl sites for hydroxylation is 1. The molecule has 0 atom stereocenters. The number of carboxylic acids is 1. The molecule has 1 aromatic heterocycles. The van der Waals surface area contributed by atoms with E-state index in [9.17, 15) is 4.79 Å². The molecular weight excluding hydrogens is 240 g/mol. The summed E-state index contributed by atoms with van der Waals surface area (Å²) in [4.78, 5) is 15.3. The minimum atomic E-state index is -0.904. The maximum absolute atomic E-state index is 11.0.